The standard InChI is InChI=1S/C17H16N2O3S/c1-19-10-12(6-7-16(19)21)17(22)18-9-13(20)15-8-11-4-2-3-5-14(11)23-15/h2-8,10,13,20H,9H2,1H3,(H,18,22). The monoisotopic (exact) mass is 328 g/mol. The molecule has 1 aromatic carbocycles. The summed E-state index contributed by atoms with van der Waals surface area (Å²) in [5.74, 6) is -0.319. The number of pyridine rings is 1. The Morgan fingerprint density at radius 3 is 2.83 bits per heavy atom. The van der Waals surface area contributed by atoms with Gasteiger partial charge in [-0.05, 0) is 23.6 Å². The molecule has 0 radical (unpaired) electrons. The molecule has 1 atom stereocenters. The molecule has 0 saturated heterocycles. The van der Waals surface area contributed by atoms with Gasteiger partial charge in [0.1, 0.15) is 6.10 Å². The number of fused-ring (bicyclic) bond motifs is 1. The molecular formula is C17H16N2O3S. The van der Waals surface area contributed by atoms with E-state index in [0.29, 0.717) is 5.56 Å². The molecule has 0 aliphatic heterocycles. The largest absolute Gasteiger partial charge is 0.386 e. The number of carbonyl (C=O) groups is 1. The average molecular weight is 328 g/mol. The summed E-state index contributed by atoms with van der Waals surface area (Å²) in [6.07, 6.45) is 0.715. The second-order valence-electron chi connectivity index (χ2n) is 5.28. The number of nitrogens with one attached hydrogen (secondary N) is 1. The molecule has 0 fully saturated rings. The fourth-order valence-electron chi connectivity index (χ4n) is 2.29. The van der Waals surface area contributed by atoms with Crippen molar-refractivity contribution in [3.05, 3.63) is 69.5 Å². The molecule has 23 heavy (non-hydrogen) atoms. The number of nitrogens with zero attached hydrogens (tertiary/aromatic N) is 1. The van der Waals surface area contributed by atoms with Crippen LogP contribution in [0.5, 0.6) is 0 Å². The summed E-state index contributed by atoms with van der Waals surface area (Å²) in [7, 11) is 1.59. The second kappa shape index (κ2) is 6.36. The number of aryl methyl sites for hydroxylation is 1. The van der Waals surface area contributed by atoms with Gasteiger partial charge in [0.05, 0.1) is 5.56 Å². The smallest absolute Gasteiger partial charge is 0.252 e. The molecule has 6 heteroatoms. The van der Waals surface area contributed by atoms with Crippen LogP contribution in [-0.2, 0) is 7.05 Å². The molecule has 0 saturated carbocycles. The van der Waals surface area contributed by atoms with Crippen LogP contribution in [0, 0.1) is 0 Å². The van der Waals surface area contributed by atoms with E-state index in [-0.39, 0.29) is 18.0 Å². The molecule has 0 bridgehead atoms. The van der Waals surface area contributed by atoms with E-state index in [0.717, 1.165) is 15.0 Å². The van der Waals surface area contributed by atoms with Crippen LogP contribution in [0.4, 0.5) is 0 Å². The first-order chi connectivity index (χ1) is 11.0. The lowest BCUT2D eigenvalue weighted by Crippen LogP contribution is -2.29. The van der Waals surface area contributed by atoms with E-state index in [1.54, 1.807) is 7.05 Å². The average Bonchev–Trinajstić information content (AvgIpc) is 2.99. The Kier molecular flexibility index (Phi) is 4.27. The minimum atomic E-state index is -0.760. The Balaban J connectivity index is 1.68. The predicted octanol–water partition coefficient (Wildman–Crippen LogP) is 2.06. The lowest BCUT2D eigenvalue weighted by atomic mass is 10.2. The van der Waals surface area contributed by atoms with Gasteiger partial charge in [-0.2, -0.15) is 0 Å². The second-order valence-corrected chi connectivity index (χ2v) is 6.39. The van der Waals surface area contributed by atoms with Gasteiger partial charge in [-0.25, -0.2) is 0 Å². The number of aliphatic hydroxyl groups excluding tert-OH is 1. The number of carbonyl (C=O) groups excluding carboxylic acids is 1. The zero-order chi connectivity index (χ0) is 16.4. The molecule has 2 heterocycles. The lowest BCUT2D eigenvalue weighted by molar-refractivity contribution is 0.0917. The van der Waals surface area contributed by atoms with Gasteiger partial charge in [-0.3, -0.25) is 9.59 Å². The van der Waals surface area contributed by atoms with Gasteiger partial charge < -0.3 is 15.0 Å². The molecule has 0 aliphatic carbocycles. The van der Waals surface area contributed by atoms with Crippen LogP contribution in [0.1, 0.15) is 21.3 Å². The highest BCUT2D eigenvalue weighted by molar-refractivity contribution is 7.19. The summed E-state index contributed by atoms with van der Waals surface area (Å²) in [5.41, 5.74) is 0.211. The van der Waals surface area contributed by atoms with Crippen molar-refractivity contribution in [2.45, 2.75) is 6.10 Å². The van der Waals surface area contributed by atoms with Gasteiger partial charge in [0.2, 0.25) is 5.56 Å². The number of benzene rings is 1. The van der Waals surface area contributed by atoms with Crippen LogP contribution in [0.2, 0.25) is 0 Å². The minimum absolute atomic E-state index is 0.120. The number of hydrogen-bond donors (Lipinski definition) is 2. The summed E-state index contributed by atoms with van der Waals surface area (Å²) in [4.78, 5) is 24.2. The highest BCUT2D eigenvalue weighted by Crippen LogP contribution is 2.29. The molecule has 118 valence electrons. The van der Waals surface area contributed by atoms with Crippen molar-refractivity contribution < 1.29 is 9.90 Å². The van der Waals surface area contributed by atoms with Gasteiger partial charge in [0.25, 0.3) is 5.91 Å². The Hall–Kier alpha value is -2.44. The van der Waals surface area contributed by atoms with E-state index in [9.17, 15) is 14.7 Å². The van der Waals surface area contributed by atoms with Crippen molar-refractivity contribution in [2.75, 3.05) is 6.54 Å². The Morgan fingerprint density at radius 2 is 2.09 bits per heavy atom. The third-order valence-electron chi connectivity index (χ3n) is 3.58. The van der Waals surface area contributed by atoms with E-state index in [2.05, 4.69) is 5.32 Å². The molecular weight excluding hydrogens is 312 g/mol. The summed E-state index contributed by atoms with van der Waals surface area (Å²) in [5, 5.41) is 14.0. The van der Waals surface area contributed by atoms with Crippen molar-refractivity contribution in [2.24, 2.45) is 7.05 Å². The van der Waals surface area contributed by atoms with E-state index >= 15 is 0 Å². The van der Waals surface area contributed by atoms with Crippen LogP contribution in [0.15, 0.2) is 53.5 Å². The molecule has 5 nitrogen and oxygen atoms in total. The number of amides is 1. The van der Waals surface area contributed by atoms with Gasteiger partial charge in [-0.15, -0.1) is 11.3 Å². The summed E-state index contributed by atoms with van der Waals surface area (Å²) >= 11 is 1.51. The third kappa shape index (κ3) is 3.33. The highest BCUT2D eigenvalue weighted by atomic mass is 32.1. The molecule has 3 rings (SSSR count). The predicted molar refractivity (Wildman–Crippen MR) is 90.8 cm³/mol. The maximum atomic E-state index is 12.1. The molecule has 1 amide bonds. The van der Waals surface area contributed by atoms with Crippen molar-refractivity contribution >= 4 is 27.3 Å². The van der Waals surface area contributed by atoms with Gasteiger partial charge >= 0.3 is 0 Å². The molecule has 0 aliphatic rings. The van der Waals surface area contributed by atoms with Gasteiger partial charge in [-0.1, -0.05) is 18.2 Å². The highest BCUT2D eigenvalue weighted by Gasteiger charge is 2.14. The summed E-state index contributed by atoms with van der Waals surface area (Å²) < 4.78 is 2.45. The van der Waals surface area contributed by atoms with Gasteiger partial charge in [0, 0.05) is 35.4 Å². The van der Waals surface area contributed by atoms with Crippen LogP contribution in [0.3, 0.4) is 0 Å². The first-order valence-electron chi connectivity index (χ1n) is 7.16. The normalized spacial score (nSPS) is 12.3. The van der Waals surface area contributed by atoms with Crippen LogP contribution in [-0.4, -0.2) is 22.1 Å². The Labute approximate surface area is 136 Å². The number of rotatable bonds is 4. The number of hydrogen-bond acceptors (Lipinski definition) is 4. The molecule has 2 aromatic heterocycles. The zero-order valence-electron chi connectivity index (χ0n) is 12.5. The van der Waals surface area contributed by atoms with E-state index in [1.807, 2.05) is 30.3 Å². The zero-order valence-corrected chi connectivity index (χ0v) is 13.3. The fourth-order valence-corrected chi connectivity index (χ4v) is 3.34. The number of aliphatic hydroxyl groups is 1. The number of thiophene rings is 1. The van der Waals surface area contributed by atoms with Crippen molar-refractivity contribution in [3.63, 3.8) is 0 Å². The van der Waals surface area contributed by atoms with Crippen molar-refractivity contribution in [3.8, 4) is 0 Å². The van der Waals surface area contributed by atoms with E-state index in [1.165, 1.54) is 34.2 Å². The minimum Gasteiger partial charge on any atom is -0.386 e. The quantitative estimate of drug-likeness (QED) is 0.770. The number of aromatic nitrogens is 1. The molecule has 0 spiro atoms. The Bertz CT molecular complexity index is 880. The fraction of sp³-hybridized carbons (Fsp3) is 0.176. The van der Waals surface area contributed by atoms with Crippen LogP contribution < -0.4 is 10.9 Å². The molecule has 3 aromatic rings. The first-order valence-corrected chi connectivity index (χ1v) is 7.97. The third-order valence-corrected chi connectivity index (χ3v) is 4.79. The lowest BCUT2D eigenvalue weighted by Gasteiger charge is -2.10. The van der Waals surface area contributed by atoms with Crippen LogP contribution in [0.25, 0.3) is 10.1 Å². The molecule has 2 N–H and O–H groups in total. The Morgan fingerprint density at radius 1 is 1.30 bits per heavy atom. The topological polar surface area (TPSA) is 71.3 Å². The van der Waals surface area contributed by atoms with E-state index < -0.39 is 6.10 Å². The van der Waals surface area contributed by atoms with E-state index in [4.69, 9.17) is 0 Å². The van der Waals surface area contributed by atoms with Gasteiger partial charge in [0.15, 0.2) is 0 Å². The van der Waals surface area contributed by atoms with Crippen molar-refractivity contribution in [1.29, 1.82) is 0 Å². The van der Waals surface area contributed by atoms with Crippen LogP contribution >= 0.6 is 11.3 Å². The summed E-state index contributed by atoms with van der Waals surface area (Å²) in [6, 6.07) is 12.7. The maximum absolute atomic E-state index is 12.1. The maximum Gasteiger partial charge on any atom is 0.252 e. The first kappa shape index (κ1) is 15.5. The van der Waals surface area contributed by atoms with Crippen molar-refractivity contribution in [1.82, 2.24) is 9.88 Å². The summed E-state index contributed by atoms with van der Waals surface area (Å²) in [6.45, 7) is 0.120. The molecule has 1 unspecified atom stereocenters. The SMILES string of the molecule is Cn1cc(C(=O)NCC(O)c2cc3ccccc3s2)ccc1=O.